The molecule has 2 aliphatic rings. The standard InChI is InChI=1S/C20H23N7O/c28-20(16-4-1-2-5-17(16)27-10-3-8-22-27)25-11-6-15(7-12-25)19-24-23-18-14-21-9-13-26(18)19/h1-5,8,10,15,21H,6-7,9,11-14H2. The van der Waals surface area contributed by atoms with E-state index < -0.39 is 0 Å². The van der Waals surface area contributed by atoms with Crippen LogP contribution in [-0.4, -0.2) is 55.0 Å². The van der Waals surface area contributed by atoms with Crippen LogP contribution in [0.25, 0.3) is 5.69 Å². The summed E-state index contributed by atoms with van der Waals surface area (Å²) >= 11 is 0. The number of hydrogen-bond donors (Lipinski definition) is 1. The van der Waals surface area contributed by atoms with E-state index >= 15 is 0 Å². The van der Waals surface area contributed by atoms with Gasteiger partial charge in [-0.05, 0) is 31.0 Å². The van der Waals surface area contributed by atoms with E-state index in [9.17, 15) is 4.79 Å². The van der Waals surface area contributed by atoms with Gasteiger partial charge in [0.25, 0.3) is 5.91 Å². The van der Waals surface area contributed by atoms with Gasteiger partial charge in [-0.2, -0.15) is 5.10 Å². The fourth-order valence-electron chi connectivity index (χ4n) is 4.19. The van der Waals surface area contributed by atoms with Crippen LogP contribution in [0.15, 0.2) is 42.7 Å². The Morgan fingerprint density at radius 2 is 1.93 bits per heavy atom. The molecule has 2 aromatic heterocycles. The topological polar surface area (TPSA) is 80.9 Å². The third kappa shape index (κ3) is 2.99. The molecular weight excluding hydrogens is 354 g/mol. The SMILES string of the molecule is O=C(c1ccccc1-n1cccn1)N1CCC(c2nnc3n2CCNC3)CC1. The van der Waals surface area contributed by atoms with Gasteiger partial charge in [0.1, 0.15) is 11.6 Å². The first-order valence-corrected chi connectivity index (χ1v) is 9.82. The highest BCUT2D eigenvalue weighted by molar-refractivity contribution is 5.97. The zero-order valence-corrected chi connectivity index (χ0v) is 15.7. The molecule has 5 rings (SSSR count). The number of nitrogens with one attached hydrogen (secondary N) is 1. The van der Waals surface area contributed by atoms with E-state index in [4.69, 9.17) is 0 Å². The summed E-state index contributed by atoms with van der Waals surface area (Å²) < 4.78 is 4.00. The number of benzene rings is 1. The first-order chi connectivity index (χ1) is 13.8. The largest absolute Gasteiger partial charge is 0.339 e. The molecule has 1 amide bonds. The molecule has 8 nitrogen and oxygen atoms in total. The first kappa shape index (κ1) is 17.1. The number of piperidine rings is 1. The minimum Gasteiger partial charge on any atom is -0.339 e. The maximum absolute atomic E-state index is 13.2. The van der Waals surface area contributed by atoms with Gasteiger partial charge < -0.3 is 14.8 Å². The number of hydrogen-bond acceptors (Lipinski definition) is 5. The number of aromatic nitrogens is 5. The van der Waals surface area contributed by atoms with Crippen LogP contribution in [0.3, 0.4) is 0 Å². The van der Waals surface area contributed by atoms with E-state index in [0.717, 1.165) is 62.9 Å². The van der Waals surface area contributed by atoms with Crippen molar-refractivity contribution in [3.8, 4) is 5.69 Å². The van der Waals surface area contributed by atoms with Crippen LogP contribution in [0.1, 0.15) is 40.8 Å². The lowest BCUT2D eigenvalue weighted by Gasteiger charge is -2.32. The molecule has 0 aliphatic carbocycles. The van der Waals surface area contributed by atoms with Crippen LogP contribution in [0.5, 0.6) is 0 Å². The number of amides is 1. The molecule has 1 aromatic carbocycles. The highest BCUT2D eigenvalue weighted by atomic mass is 16.2. The van der Waals surface area contributed by atoms with Gasteiger partial charge in [-0.3, -0.25) is 4.79 Å². The molecule has 8 heteroatoms. The average molecular weight is 377 g/mol. The van der Waals surface area contributed by atoms with Crippen molar-refractivity contribution in [3.05, 3.63) is 59.9 Å². The summed E-state index contributed by atoms with van der Waals surface area (Å²) in [5, 5.41) is 16.4. The zero-order chi connectivity index (χ0) is 18.9. The summed E-state index contributed by atoms with van der Waals surface area (Å²) in [6, 6.07) is 9.52. The van der Waals surface area contributed by atoms with Crippen molar-refractivity contribution in [1.82, 2.24) is 34.8 Å². The molecule has 0 radical (unpaired) electrons. The number of rotatable bonds is 3. The fraction of sp³-hybridized carbons (Fsp3) is 0.400. The van der Waals surface area contributed by atoms with Gasteiger partial charge in [0, 0.05) is 44.5 Å². The van der Waals surface area contributed by atoms with Crippen LogP contribution in [-0.2, 0) is 13.1 Å². The van der Waals surface area contributed by atoms with E-state index in [-0.39, 0.29) is 5.91 Å². The highest BCUT2D eigenvalue weighted by Crippen LogP contribution is 2.29. The van der Waals surface area contributed by atoms with Gasteiger partial charge in [-0.25, -0.2) is 4.68 Å². The summed E-state index contributed by atoms with van der Waals surface area (Å²) in [5.74, 6) is 2.54. The number of para-hydroxylation sites is 1. The van der Waals surface area contributed by atoms with Crippen LogP contribution < -0.4 is 5.32 Å². The monoisotopic (exact) mass is 377 g/mol. The minimum atomic E-state index is 0.0667. The van der Waals surface area contributed by atoms with Crippen molar-refractivity contribution in [2.45, 2.75) is 31.8 Å². The van der Waals surface area contributed by atoms with Crippen molar-refractivity contribution in [1.29, 1.82) is 0 Å². The van der Waals surface area contributed by atoms with Crippen molar-refractivity contribution in [2.75, 3.05) is 19.6 Å². The summed E-state index contributed by atoms with van der Waals surface area (Å²) in [7, 11) is 0. The number of nitrogens with zero attached hydrogens (tertiary/aromatic N) is 6. The first-order valence-electron chi connectivity index (χ1n) is 9.82. The third-order valence-corrected chi connectivity index (χ3v) is 5.68. The Labute approximate surface area is 163 Å². The number of likely N-dealkylation sites (tertiary alicyclic amines) is 1. The molecule has 1 fully saturated rings. The summed E-state index contributed by atoms with van der Waals surface area (Å²) in [4.78, 5) is 15.1. The predicted octanol–water partition coefficient (Wildman–Crippen LogP) is 1.59. The molecule has 1 N–H and O–H groups in total. The van der Waals surface area contributed by atoms with Gasteiger partial charge in [0.05, 0.1) is 17.8 Å². The van der Waals surface area contributed by atoms with Crippen molar-refractivity contribution in [3.63, 3.8) is 0 Å². The lowest BCUT2D eigenvalue weighted by Crippen LogP contribution is -2.39. The van der Waals surface area contributed by atoms with Gasteiger partial charge in [-0.15, -0.1) is 10.2 Å². The number of carbonyl (C=O) groups excluding carboxylic acids is 1. The van der Waals surface area contributed by atoms with E-state index in [1.807, 2.05) is 41.4 Å². The second-order valence-corrected chi connectivity index (χ2v) is 7.34. The average Bonchev–Trinajstić information content (AvgIpc) is 3.44. The lowest BCUT2D eigenvalue weighted by atomic mass is 9.95. The van der Waals surface area contributed by atoms with Crippen LogP contribution >= 0.6 is 0 Å². The number of fused-ring (bicyclic) bond motifs is 1. The number of carbonyl (C=O) groups is 1. The molecule has 3 aromatic rings. The highest BCUT2D eigenvalue weighted by Gasteiger charge is 2.30. The van der Waals surface area contributed by atoms with E-state index in [1.165, 1.54) is 0 Å². The van der Waals surface area contributed by atoms with Crippen LogP contribution in [0.4, 0.5) is 0 Å². The van der Waals surface area contributed by atoms with Crippen LogP contribution in [0, 0.1) is 0 Å². The van der Waals surface area contributed by atoms with Gasteiger partial charge in [-0.1, -0.05) is 12.1 Å². The molecule has 2 aliphatic heterocycles. The molecule has 0 spiro atoms. The second-order valence-electron chi connectivity index (χ2n) is 7.34. The Morgan fingerprint density at radius 3 is 2.75 bits per heavy atom. The molecule has 0 saturated carbocycles. The minimum absolute atomic E-state index is 0.0667. The smallest absolute Gasteiger partial charge is 0.256 e. The Bertz CT molecular complexity index is 970. The van der Waals surface area contributed by atoms with Crippen molar-refractivity contribution in [2.24, 2.45) is 0 Å². The Morgan fingerprint density at radius 1 is 1.07 bits per heavy atom. The molecule has 28 heavy (non-hydrogen) atoms. The van der Waals surface area contributed by atoms with E-state index in [2.05, 4.69) is 25.2 Å². The zero-order valence-electron chi connectivity index (χ0n) is 15.7. The Balaban J connectivity index is 1.31. The quantitative estimate of drug-likeness (QED) is 0.750. The molecule has 0 bridgehead atoms. The molecule has 144 valence electrons. The van der Waals surface area contributed by atoms with Gasteiger partial charge in [0.2, 0.25) is 0 Å². The molecule has 4 heterocycles. The molecule has 0 atom stereocenters. The molecular formula is C20H23N7O. The second kappa shape index (κ2) is 7.20. The molecule has 1 saturated heterocycles. The lowest BCUT2D eigenvalue weighted by molar-refractivity contribution is 0.0710. The summed E-state index contributed by atoms with van der Waals surface area (Å²) in [5.41, 5.74) is 1.51. The normalized spacial score (nSPS) is 17.5. The summed E-state index contributed by atoms with van der Waals surface area (Å²) in [6.07, 6.45) is 5.42. The van der Waals surface area contributed by atoms with Gasteiger partial charge >= 0.3 is 0 Å². The molecule has 0 unspecified atom stereocenters. The fourth-order valence-corrected chi connectivity index (χ4v) is 4.19. The maximum atomic E-state index is 13.2. The Hall–Kier alpha value is -3.00. The van der Waals surface area contributed by atoms with Gasteiger partial charge in [0.15, 0.2) is 0 Å². The Kier molecular flexibility index (Phi) is 4.40. The predicted molar refractivity (Wildman–Crippen MR) is 103 cm³/mol. The van der Waals surface area contributed by atoms with Crippen molar-refractivity contribution >= 4 is 5.91 Å². The van der Waals surface area contributed by atoms with Crippen LogP contribution in [0.2, 0.25) is 0 Å². The van der Waals surface area contributed by atoms with E-state index in [0.29, 0.717) is 11.5 Å². The summed E-state index contributed by atoms with van der Waals surface area (Å²) in [6.45, 7) is 4.14. The maximum Gasteiger partial charge on any atom is 0.256 e. The van der Waals surface area contributed by atoms with Crippen molar-refractivity contribution < 1.29 is 4.79 Å². The van der Waals surface area contributed by atoms with E-state index in [1.54, 1.807) is 10.9 Å². The third-order valence-electron chi connectivity index (χ3n) is 5.68.